The molecule has 0 bridgehead atoms. The van der Waals surface area contributed by atoms with Crippen LogP contribution in [0.4, 0.5) is 0 Å². The first-order chi connectivity index (χ1) is 9.78. The van der Waals surface area contributed by atoms with Crippen LogP contribution in [0.15, 0.2) is 24.3 Å². The number of nitrogens with zero attached hydrogens (tertiary/aromatic N) is 1. The molecule has 2 rings (SSSR count). The Morgan fingerprint density at radius 3 is 2.75 bits per heavy atom. The minimum Gasteiger partial charge on any atom is -0.494 e. The molecule has 1 aromatic carbocycles. The monoisotopic (exact) mass is 276 g/mol. The van der Waals surface area contributed by atoms with Crippen molar-refractivity contribution in [2.45, 2.75) is 39.2 Å². The second kappa shape index (κ2) is 7.65. The molecular weight excluding hydrogens is 248 g/mol. The van der Waals surface area contributed by atoms with Gasteiger partial charge in [0.05, 0.1) is 6.61 Å². The fraction of sp³-hybridized carbons (Fsp3) is 0.647. The summed E-state index contributed by atoms with van der Waals surface area (Å²) >= 11 is 0. The third-order valence-corrected chi connectivity index (χ3v) is 3.98. The van der Waals surface area contributed by atoms with Crippen LogP contribution >= 0.6 is 0 Å². The lowest BCUT2D eigenvalue weighted by atomic mass is 10.0. The lowest BCUT2D eigenvalue weighted by molar-refractivity contribution is 0.203. The Hall–Kier alpha value is -1.06. The first kappa shape index (κ1) is 15.3. The van der Waals surface area contributed by atoms with E-state index in [0.717, 1.165) is 31.2 Å². The van der Waals surface area contributed by atoms with Gasteiger partial charge in [0.15, 0.2) is 0 Å². The highest BCUT2D eigenvalue weighted by Crippen LogP contribution is 2.33. The maximum absolute atomic E-state index is 6.05. The van der Waals surface area contributed by atoms with E-state index in [9.17, 15) is 0 Å². The van der Waals surface area contributed by atoms with Crippen molar-refractivity contribution >= 4 is 0 Å². The smallest absolute Gasteiger partial charge is 0.119 e. The van der Waals surface area contributed by atoms with Crippen LogP contribution in [0.2, 0.25) is 0 Å². The number of nitrogens with two attached hydrogens (primary N) is 1. The molecule has 0 radical (unpaired) electrons. The predicted molar refractivity (Wildman–Crippen MR) is 84.0 cm³/mol. The van der Waals surface area contributed by atoms with Crippen LogP contribution < -0.4 is 10.5 Å². The minimum absolute atomic E-state index is 0.311. The highest BCUT2D eigenvalue weighted by molar-refractivity contribution is 5.31. The summed E-state index contributed by atoms with van der Waals surface area (Å²) in [4.78, 5) is 2.51. The maximum Gasteiger partial charge on any atom is 0.119 e. The average Bonchev–Trinajstić information content (AvgIpc) is 3.29. The summed E-state index contributed by atoms with van der Waals surface area (Å²) in [5.41, 5.74) is 7.33. The van der Waals surface area contributed by atoms with E-state index in [1.165, 1.54) is 24.9 Å². The Balaban J connectivity index is 2.07. The Morgan fingerprint density at radius 1 is 1.35 bits per heavy atom. The Kier molecular flexibility index (Phi) is 5.86. The second-order valence-electron chi connectivity index (χ2n) is 5.70. The normalized spacial score (nSPS) is 16.4. The van der Waals surface area contributed by atoms with Gasteiger partial charge in [0.1, 0.15) is 5.75 Å². The molecule has 3 nitrogen and oxygen atoms in total. The van der Waals surface area contributed by atoms with Crippen molar-refractivity contribution in [1.82, 2.24) is 4.90 Å². The van der Waals surface area contributed by atoms with Gasteiger partial charge >= 0.3 is 0 Å². The Bertz CT molecular complexity index is 404. The van der Waals surface area contributed by atoms with Gasteiger partial charge in [0.2, 0.25) is 0 Å². The summed E-state index contributed by atoms with van der Waals surface area (Å²) < 4.78 is 5.74. The Labute approximate surface area is 123 Å². The van der Waals surface area contributed by atoms with Crippen molar-refractivity contribution in [1.29, 1.82) is 0 Å². The van der Waals surface area contributed by atoms with E-state index in [1.807, 2.05) is 6.07 Å². The quantitative estimate of drug-likeness (QED) is 0.752. The zero-order valence-electron chi connectivity index (χ0n) is 12.8. The van der Waals surface area contributed by atoms with Crippen LogP contribution in [-0.2, 0) is 0 Å². The SMILES string of the molecule is CCCOc1cccc(C(CN)N(CC)CC2CC2)c1. The van der Waals surface area contributed by atoms with E-state index in [0.29, 0.717) is 12.6 Å². The molecule has 0 aliphatic heterocycles. The fourth-order valence-electron chi connectivity index (χ4n) is 2.64. The van der Waals surface area contributed by atoms with Gasteiger partial charge in [-0.15, -0.1) is 0 Å². The standard InChI is InChI=1S/C17H28N2O/c1-3-10-20-16-7-5-6-15(11-16)17(12-18)19(4-2)13-14-8-9-14/h5-7,11,14,17H,3-4,8-10,12-13,18H2,1-2H3. The fourth-order valence-corrected chi connectivity index (χ4v) is 2.64. The zero-order chi connectivity index (χ0) is 14.4. The number of likely N-dealkylation sites (N-methyl/N-ethyl adjacent to an activating group) is 1. The van der Waals surface area contributed by atoms with Gasteiger partial charge in [-0.05, 0) is 49.4 Å². The summed E-state index contributed by atoms with van der Waals surface area (Å²) in [6, 6.07) is 8.75. The van der Waals surface area contributed by atoms with E-state index >= 15 is 0 Å². The third-order valence-electron chi connectivity index (χ3n) is 3.98. The van der Waals surface area contributed by atoms with Crippen LogP contribution in [0, 0.1) is 5.92 Å². The molecule has 3 heteroatoms. The number of ether oxygens (including phenoxy) is 1. The van der Waals surface area contributed by atoms with Gasteiger partial charge in [0.25, 0.3) is 0 Å². The van der Waals surface area contributed by atoms with Gasteiger partial charge in [-0.25, -0.2) is 0 Å². The molecule has 0 saturated heterocycles. The molecule has 2 N–H and O–H groups in total. The van der Waals surface area contributed by atoms with Crippen molar-refractivity contribution < 1.29 is 4.74 Å². The molecule has 20 heavy (non-hydrogen) atoms. The number of hydrogen-bond acceptors (Lipinski definition) is 3. The minimum atomic E-state index is 0.311. The largest absolute Gasteiger partial charge is 0.494 e. The van der Waals surface area contributed by atoms with Gasteiger partial charge in [0, 0.05) is 19.1 Å². The van der Waals surface area contributed by atoms with Crippen molar-refractivity contribution in [3.8, 4) is 5.75 Å². The summed E-state index contributed by atoms with van der Waals surface area (Å²) in [5.74, 6) is 1.86. The summed E-state index contributed by atoms with van der Waals surface area (Å²) in [7, 11) is 0. The van der Waals surface area contributed by atoms with Gasteiger partial charge < -0.3 is 10.5 Å². The van der Waals surface area contributed by atoms with Gasteiger partial charge in [-0.2, -0.15) is 0 Å². The van der Waals surface area contributed by atoms with Crippen LogP contribution in [0.25, 0.3) is 0 Å². The van der Waals surface area contributed by atoms with Gasteiger partial charge in [-0.3, -0.25) is 4.90 Å². The van der Waals surface area contributed by atoms with Crippen LogP contribution in [0.3, 0.4) is 0 Å². The average molecular weight is 276 g/mol. The third kappa shape index (κ3) is 4.22. The lowest BCUT2D eigenvalue weighted by Gasteiger charge is -2.30. The van der Waals surface area contributed by atoms with Crippen molar-refractivity contribution in [2.75, 3.05) is 26.2 Å². The molecule has 1 saturated carbocycles. The van der Waals surface area contributed by atoms with E-state index < -0.39 is 0 Å². The van der Waals surface area contributed by atoms with E-state index in [2.05, 4.69) is 36.9 Å². The summed E-state index contributed by atoms with van der Waals surface area (Å²) in [5, 5.41) is 0. The van der Waals surface area contributed by atoms with Crippen molar-refractivity contribution in [2.24, 2.45) is 11.7 Å². The molecule has 1 aliphatic rings. The van der Waals surface area contributed by atoms with Gasteiger partial charge in [-0.1, -0.05) is 26.0 Å². The number of hydrogen-bond donors (Lipinski definition) is 1. The molecule has 0 heterocycles. The number of benzene rings is 1. The van der Waals surface area contributed by atoms with E-state index in [4.69, 9.17) is 10.5 Å². The highest BCUT2D eigenvalue weighted by atomic mass is 16.5. The molecule has 1 fully saturated rings. The van der Waals surface area contributed by atoms with Crippen molar-refractivity contribution in [3.05, 3.63) is 29.8 Å². The maximum atomic E-state index is 6.05. The molecule has 1 aliphatic carbocycles. The lowest BCUT2D eigenvalue weighted by Crippen LogP contribution is -2.35. The summed E-state index contributed by atoms with van der Waals surface area (Å²) in [6.45, 7) is 8.02. The van der Waals surface area contributed by atoms with Crippen LogP contribution in [0.5, 0.6) is 5.75 Å². The molecule has 112 valence electrons. The number of rotatable bonds is 9. The van der Waals surface area contributed by atoms with E-state index in [1.54, 1.807) is 0 Å². The van der Waals surface area contributed by atoms with E-state index in [-0.39, 0.29) is 0 Å². The molecule has 1 unspecified atom stereocenters. The first-order valence-electron chi connectivity index (χ1n) is 7.95. The Morgan fingerprint density at radius 2 is 2.15 bits per heavy atom. The van der Waals surface area contributed by atoms with Crippen LogP contribution in [0.1, 0.15) is 44.7 Å². The molecule has 0 aromatic heterocycles. The van der Waals surface area contributed by atoms with Crippen molar-refractivity contribution in [3.63, 3.8) is 0 Å². The molecule has 1 aromatic rings. The molecule has 1 atom stereocenters. The predicted octanol–water partition coefficient (Wildman–Crippen LogP) is 3.21. The second-order valence-corrected chi connectivity index (χ2v) is 5.70. The summed E-state index contributed by atoms with van der Waals surface area (Å²) in [6.07, 6.45) is 3.80. The molecule has 0 spiro atoms. The molecular formula is C17H28N2O. The topological polar surface area (TPSA) is 38.5 Å². The van der Waals surface area contributed by atoms with Crippen LogP contribution in [-0.4, -0.2) is 31.1 Å². The zero-order valence-corrected chi connectivity index (χ0v) is 12.8. The highest BCUT2D eigenvalue weighted by Gasteiger charge is 2.27. The molecule has 0 amide bonds. The first-order valence-corrected chi connectivity index (χ1v) is 7.95.